The summed E-state index contributed by atoms with van der Waals surface area (Å²) in [6.45, 7) is -1.27. The SMILES string of the molecule is CN(CCCCNC(=O)N[C@@H](CO)[C@@H](O)[C@H](O)[C@H](O)CO)S(=O)(=O)c1ccc(Cl)c(COC2(c3c[n+](O)ccc3-c3ccccc3OC3CC3)CC2)c1. The van der Waals surface area contributed by atoms with Gasteiger partial charge in [-0.25, -0.2) is 17.5 Å². The van der Waals surface area contributed by atoms with Gasteiger partial charge >= 0.3 is 6.03 Å². The molecule has 2 amide bonds. The molecule has 4 atom stereocenters. The molecular formula is C36H48ClN4O11S+. The van der Waals surface area contributed by atoms with E-state index in [2.05, 4.69) is 10.6 Å². The van der Waals surface area contributed by atoms with Gasteiger partial charge in [-0.15, -0.1) is 0 Å². The van der Waals surface area contributed by atoms with Crippen LogP contribution < -0.4 is 20.1 Å². The molecule has 0 unspecified atom stereocenters. The normalized spacial score (nSPS) is 17.5. The largest absolute Gasteiger partial charge is 0.490 e. The maximum Gasteiger partial charge on any atom is 0.315 e. The molecule has 8 N–H and O–H groups in total. The number of ether oxygens (including phenoxy) is 2. The Morgan fingerprint density at radius 1 is 1.04 bits per heavy atom. The molecule has 290 valence electrons. The number of pyridine rings is 1. The van der Waals surface area contributed by atoms with E-state index < -0.39 is 59.2 Å². The second kappa shape index (κ2) is 17.7. The summed E-state index contributed by atoms with van der Waals surface area (Å²) in [7, 11) is -2.48. The van der Waals surface area contributed by atoms with E-state index in [0.29, 0.717) is 36.3 Å². The number of hydrogen-bond donors (Lipinski definition) is 8. The molecule has 0 saturated heterocycles. The third kappa shape index (κ3) is 10.1. The molecule has 3 aromatic rings. The van der Waals surface area contributed by atoms with Crippen LogP contribution in [0.4, 0.5) is 4.79 Å². The molecule has 53 heavy (non-hydrogen) atoms. The predicted octanol–water partition coefficient (Wildman–Crippen LogP) is 1.41. The van der Waals surface area contributed by atoms with Gasteiger partial charge in [0.1, 0.15) is 29.7 Å². The number of benzene rings is 2. The Balaban J connectivity index is 1.16. The maximum atomic E-state index is 13.5. The quantitative estimate of drug-likeness (QED) is 0.0466. The first-order chi connectivity index (χ1) is 25.3. The number of carbonyl (C=O) groups is 1. The zero-order valence-electron chi connectivity index (χ0n) is 29.3. The van der Waals surface area contributed by atoms with Crippen LogP contribution >= 0.6 is 11.6 Å². The number of amides is 2. The van der Waals surface area contributed by atoms with Crippen LogP contribution in [0.1, 0.15) is 49.7 Å². The third-order valence-corrected chi connectivity index (χ3v) is 11.6. The number of unbranched alkanes of at least 4 members (excludes halogenated alkanes) is 1. The number of para-hydroxylation sites is 1. The summed E-state index contributed by atoms with van der Waals surface area (Å²) in [4.78, 5) is 12.3. The average molecular weight is 780 g/mol. The van der Waals surface area contributed by atoms with Gasteiger partial charge in [-0.2, -0.15) is 0 Å². The van der Waals surface area contributed by atoms with Crippen LogP contribution in [0.3, 0.4) is 0 Å². The molecule has 2 aliphatic rings. The number of aliphatic hydroxyl groups is 5. The molecule has 17 heteroatoms. The standard InChI is InChI=1S/C36H47ClN4O11S/c1-40(16-5-4-15-38-35(47)39-30(20-42)33(45)34(46)31(44)21-43)53(49,50)25-10-11-29(37)23(18-25)22-51-36(13-14-36)28-19-41(48)17-12-26(28)27-6-2-3-7-32(27)52-24-8-9-24/h2-3,6-7,10-12,17-19,24,30-31,33-34,42-46H,4-5,8-9,13-16,20-22H2,1H3,(H2-,38,39,47,48)/p+1/t30-,31+,33+,34+/m0/s1. The first-order valence-corrected chi connectivity index (χ1v) is 19.3. The minimum atomic E-state index is -3.92. The van der Waals surface area contributed by atoms with Gasteiger partial charge in [0, 0.05) is 47.1 Å². The number of hydrogen-bond acceptors (Lipinski definition) is 11. The summed E-state index contributed by atoms with van der Waals surface area (Å²) in [6.07, 6.45) is 2.35. The van der Waals surface area contributed by atoms with Gasteiger partial charge in [0.15, 0.2) is 0 Å². The molecule has 0 aliphatic heterocycles. The summed E-state index contributed by atoms with van der Waals surface area (Å²) in [5, 5.41) is 63.4. The Kier molecular flexibility index (Phi) is 13.6. The van der Waals surface area contributed by atoms with Crippen LogP contribution in [0.2, 0.25) is 5.02 Å². The van der Waals surface area contributed by atoms with Gasteiger partial charge in [-0.3, -0.25) is 5.21 Å². The van der Waals surface area contributed by atoms with Crippen molar-refractivity contribution in [2.75, 3.05) is 33.4 Å². The van der Waals surface area contributed by atoms with Gasteiger partial charge < -0.3 is 45.6 Å². The van der Waals surface area contributed by atoms with Crippen molar-refractivity contribution in [3.63, 3.8) is 0 Å². The Labute approximate surface area is 313 Å². The smallest absolute Gasteiger partial charge is 0.315 e. The van der Waals surface area contributed by atoms with Crippen molar-refractivity contribution < 1.29 is 58.2 Å². The lowest BCUT2D eigenvalue weighted by Gasteiger charge is -2.28. The molecule has 15 nitrogen and oxygen atoms in total. The highest BCUT2D eigenvalue weighted by molar-refractivity contribution is 7.89. The monoisotopic (exact) mass is 779 g/mol. The number of nitrogens with zero attached hydrogens (tertiary/aromatic N) is 2. The number of carbonyl (C=O) groups excluding carboxylic acids is 1. The molecular weight excluding hydrogens is 732 g/mol. The van der Waals surface area contributed by atoms with E-state index in [9.17, 15) is 38.8 Å². The van der Waals surface area contributed by atoms with Crippen molar-refractivity contribution in [3.05, 3.63) is 77.1 Å². The molecule has 1 aromatic heterocycles. The highest BCUT2D eigenvalue weighted by atomic mass is 35.5. The summed E-state index contributed by atoms with van der Waals surface area (Å²) in [5.41, 5.74) is 2.30. The Morgan fingerprint density at radius 3 is 2.45 bits per heavy atom. The van der Waals surface area contributed by atoms with Crippen molar-refractivity contribution in [1.29, 1.82) is 0 Å². The highest BCUT2D eigenvalue weighted by Gasteiger charge is 2.49. The van der Waals surface area contributed by atoms with Crippen molar-refractivity contribution in [3.8, 4) is 16.9 Å². The summed E-state index contributed by atoms with van der Waals surface area (Å²) in [6, 6.07) is 12.0. The minimum Gasteiger partial charge on any atom is -0.490 e. The molecule has 2 aromatic carbocycles. The molecule has 2 aliphatic carbocycles. The number of aliphatic hydroxyl groups excluding tert-OH is 5. The summed E-state index contributed by atoms with van der Waals surface area (Å²) in [5.74, 6) is 0.761. The van der Waals surface area contributed by atoms with Crippen molar-refractivity contribution in [2.45, 2.75) is 86.1 Å². The van der Waals surface area contributed by atoms with Crippen molar-refractivity contribution in [2.24, 2.45) is 0 Å². The van der Waals surface area contributed by atoms with E-state index >= 15 is 0 Å². The van der Waals surface area contributed by atoms with Crippen LogP contribution in [0, 0.1) is 0 Å². The van der Waals surface area contributed by atoms with E-state index in [-0.39, 0.29) is 30.7 Å². The molecule has 2 fully saturated rings. The minimum absolute atomic E-state index is 0.0226. The fourth-order valence-corrected chi connectivity index (χ4v) is 7.31. The predicted molar refractivity (Wildman–Crippen MR) is 192 cm³/mol. The number of sulfonamides is 1. The number of halogens is 1. The zero-order chi connectivity index (χ0) is 38.3. The first kappa shape index (κ1) is 40.6. The second-order valence-electron chi connectivity index (χ2n) is 13.5. The van der Waals surface area contributed by atoms with Gasteiger partial charge in [0.25, 0.3) is 0 Å². The Hall–Kier alpha value is -3.58. The van der Waals surface area contributed by atoms with Gasteiger partial charge in [-0.1, -0.05) is 29.8 Å². The van der Waals surface area contributed by atoms with Gasteiger partial charge in [0.05, 0.1) is 42.4 Å². The Morgan fingerprint density at radius 2 is 1.77 bits per heavy atom. The second-order valence-corrected chi connectivity index (χ2v) is 15.9. The summed E-state index contributed by atoms with van der Waals surface area (Å²) < 4.78 is 41.9. The lowest BCUT2D eigenvalue weighted by molar-refractivity contribution is -0.905. The van der Waals surface area contributed by atoms with E-state index in [4.69, 9.17) is 26.2 Å². The van der Waals surface area contributed by atoms with E-state index in [1.54, 1.807) is 12.4 Å². The number of aromatic nitrogens is 1. The topological polar surface area (TPSA) is 222 Å². The molecule has 0 radical (unpaired) electrons. The fraction of sp³-hybridized carbons (Fsp3) is 0.500. The molecule has 1 heterocycles. The molecule has 0 bridgehead atoms. The highest BCUT2D eigenvalue weighted by Crippen LogP contribution is 2.53. The molecule has 5 rings (SSSR count). The Bertz CT molecular complexity index is 1830. The van der Waals surface area contributed by atoms with E-state index in [1.807, 2.05) is 30.3 Å². The lowest BCUT2D eigenvalue weighted by Crippen LogP contribution is -2.56. The van der Waals surface area contributed by atoms with Crippen molar-refractivity contribution in [1.82, 2.24) is 14.9 Å². The van der Waals surface area contributed by atoms with Crippen LogP contribution in [-0.4, -0.2) is 113 Å². The zero-order valence-corrected chi connectivity index (χ0v) is 30.9. The third-order valence-electron chi connectivity index (χ3n) is 9.41. The molecule has 2 saturated carbocycles. The number of nitrogens with one attached hydrogen (secondary N) is 2. The maximum absolute atomic E-state index is 13.5. The van der Waals surface area contributed by atoms with Crippen LogP contribution in [-0.2, 0) is 27.0 Å². The van der Waals surface area contributed by atoms with Crippen molar-refractivity contribution >= 4 is 27.7 Å². The molecule has 0 spiro atoms. The number of rotatable bonds is 20. The van der Waals surface area contributed by atoms with Crippen LogP contribution in [0.15, 0.2) is 65.8 Å². The van der Waals surface area contributed by atoms with E-state index in [1.165, 1.54) is 29.6 Å². The van der Waals surface area contributed by atoms with Gasteiger partial charge in [0.2, 0.25) is 22.4 Å². The summed E-state index contributed by atoms with van der Waals surface area (Å²) >= 11 is 6.54. The average Bonchev–Trinajstić information content (AvgIpc) is 4.10. The van der Waals surface area contributed by atoms with E-state index in [0.717, 1.165) is 40.0 Å². The van der Waals surface area contributed by atoms with Crippen LogP contribution in [0.5, 0.6) is 5.75 Å². The fourth-order valence-electron chi connectivity index (χ4n) is 5.88. The van der Waals surface area contributed by atoms with Crippen LogP contribution in [0.25, 0.3) is 11.1 Å². The number of urea groups is 1. The lowest BCUT2D eigenvalue weighted by atomic mass is 9.96. The van der Waals surface area contributed by atoms with Gasteiger partial charge in [-0.05, 0) is 68.4 Å². The first-order valence-electron chi connectivity index (χ1n) is 17.5.